The van der Waals surface area contributed by atoms with Crippen molar-refractivity contribution in [2.45, 2.75) is 53.4 Å². The molecule has 1 nitrogen and oxygen atoms in total. The second-order valence-corrected chi connectivity index (χ2v) is 5.79. The molecule has 0 N–H and O–H groups in total. The number of benzene rings is 1. The van der Waals surface area contributed by atoms with Gasteiger partial charge in [0.05, 0.1) is 0 Å². The van der Waals surface area contributed by atoms with E-state index >= 15 is 0 Å². The van der Waals surface area contributed by atoms with Crippen LogP contribution in [0.3, 0.4) is 0 Å². The monoisotopic (exact) mass is 258 g/mol. The maximum Gasteiger partial charge on any atom is 0.162 e. The van der Waals surface area contributed by atoms with Gasteiger partial charge in [-0.3, -0.25) is 4.79 Å². The molecule has 1 aromatic carbocycles. The molecule has 0 aliphatic heterocycles. The van der Waals surface area contributed by atoms with Gasteiger partial charge in [0.15, 0.2) is 5.78 Å². The van der Waals surface area contributed by atoms with Crippen LogP contribution in [0.5, 0.6) is 0 Å². The summed E-state index contributed by atoms with van der Waals surface area (Å²) >= 11 is 0. The van der Waals surface area contributed by atoms with E-state index < -0.39 is 0 Å². The van der Waals surface area contributed by atoms with Crippen molar-refractivity contribution in [1.29, 1.82) is 0 Å². The highest BCUT2D eigenvalue weighted by atomic mass is 16.1. The molecule has 19 heavy (non-hydrogen) atoms. The lowest BCUT2D eigenvalue weighted by Gasteiger charge is -2.09. The molecule has 0 unspecified atom stereocenters. The second-order valence-electron chi connectivity index (χ2n) is 5.79. The predicted molar refractivity (Wildman–Crippen MR) is 82.6 cm³/mol. The lowest BCUT2D eigenvalue weighted by molar-refractivity contribution is 0.0974. The summed E-state index contributed by atoms with van der Waals surface area (Å²) in [7, 11) is 0. The first kappa shape index (κ1) is 15.7. The highest BCUT2D eigenvalue weighted by Crippen LogP contribution is 2.16. The number of hydrogen-bond donors (Lipinski definition) is 0. The highest BCUT2D eigenvalue weighted by molar-refractivity contribution is 5.96. The van der Waals surface area contributed by atoms with Crippen molar-refractivity contribution in [2.24, 2.45) is 5.92 Å². The second kappa shape index (κ2) is 7.93. The minimum Gasteiger partial charge on any atom is -0.294 e. The van der Waals surface area contributed by atoms with E-state index in [0.717, 1.165) is 18.4 Å². The molecule has 0 spiro atoms. The van der Waals surface area contributed by atoms with E-state index in [4.69, 9.17) is 0 Å². The molecular weight excluding hydrogens is 232 g/mol. The predicted octanol–water partition coefficient (Wildman–Crippen LogP) is 5.34. The molecule has 0 radical (unpaired) electrons. The number of aryl methyl sites for hydroxylation is 1. The summed E-state index contributed by atoms with van der Waals surface area (Å²) in [6.07, 6.45) is 6.23. The topological polar surface area (TPSA) is 17.1 Å². The number of carbonyl (C=O) groups excluding carboxylic acids is 1. The van der Waals surface area contributed by atoms with Crippen LogP contribution in [-0.4, -0.2) is 5.78 Å². The molecular formula is C18H26O. The van der Waals surface area contributed by atoms with Crippen LogP contribution in [0.4, 0.5) is 0 Å². The minimum atomic E-state index is 0.272. The van der Waals surface area contributed by atoms with Crippen LogP contribution in [0.15, 0.2) is 35.9 Å². The third-order valence-electron chi connectivity index (χ3n) is 3.45. The van der Waals surface area contributed by atoms with Crippen molar-refractivity contribution < 1.29 is 4.79 Å². The van der Waals surface area contributed by atoms with Crippen LogP contribution in [0.25, 0.3) is 0 Å². The van der Waals surface area contributed by atoms with Gasteiger partial charge in [-0.15, -0.1) is 0 Å². The molecule has 0 heterocycles. The maximum atomic E-state index is 12.0. The van der Waals surface area contributed by atoms with Crippen LogP contribution in [0.1, 0.15) is 62.4 Å². The van der Waals surface area contributed by atoms with Crippen LogP contribution in [0, 0.1) is 12.8 Å². The van der Waals surface area contributed by atoms with Gasteiger partial charge in [0.2, 0.25) is 0 Å². The zero-order valence-electron chi connectivity index (χ0n) is 12.7. The molecule has 1 rings (SSSR count). The van der Waals surface area contributed by atoms with E-state index in [0.29, 0.717) is 12.3 Å². The normalized spacial score (nSPS) is 12.0. The van der Waals surface area contributed by atoms with Gasteiger partial charge in [-0.05, 0) is 46.0 Å². The Balaban J connectivity index is 2.33. The molecule has 0 aromatic heterocycles. The largest absolute Gasteiger partial charge is 0.294 e. The van der Waals surface area contributed by atoms with Crippen molar-refractivity contribution in [3.05, 3.63) is 47.0 Å². The summed E-state index contributed by atoms with van der Waals surface area (Å²) in [5, 5.41) is 0. The average molecular weight is 258 g/mol. The Kier molecular flexibility index (Phi) is 6.55. The van der Waals surface area contributed by atoms with E-state index in [1.165, 1.54) is 17.6 Å². The smallest absolute Gasteiger partial charge is 0.162 e. The summed E-state index contributed by atoms with van der Waals surface area (Å²) < 4.78 is 0. The van der Waals surface area contributed by atoms with Gasteiger partial charge in [-0.25, -0.2) is 0 Å². The molecule has 1 aromatic rings. The average Bonchev–Trinajstić information content (AvgIpc) is 2.36. The summed E-state index contributed by atoms with van der Waals surface area (Å²) in [4.78, 5) is 12.0. The zero-order valence-corrected chi connectivity index (χ0v) is 12.7. The van der Waals surface area contributed by atoms with Gasteiger partial charge in [-0.1, -0.05) is 48.4 Å². The Morgan fingerprint density at radius 1 is 1.16 bits per heavy atom. The Labute approximate surface area is 117 Å². The number of rotatable bonds is 7. The third kappa shape index (κ3) is 6.37. The van der Waals surface area contributed by atoms with Crippen molar-refractivity contribution in [2.75, 3.05) is 0 Å². The number of carbonyl (C=O) groups is 1. The Hall–Kier alpha value is -1.37. The molecule has 0 amide bonds. The van der Waals surface area contributed by atoms with E-state index in [2.05, 4.69) is 26.8 Å². The molecule has 0 bridgehead atoms. The Morgan fingerprint density at radius 2 is 1.79 bits per heavy atom. The first-order valence-corrected chi connectivity index (χ1v) is 7.22. The van der Waals surface area contributed by atoms with E-state index in [-0.39, 0.29) is 5.78 Å². The summed E-state index contributed by atoms with van der Waals surface area (Å²) in [6.45, 7) is 8.54. The van der Waals surface area contributed by atoms with Crippen molar-refractivity contribution in [3.63, 3.8) is 0 Å². The Bertz CT molecular complexity index is 422. The summed E-state index contributed by atoms with van der Waals surface area (Å²) in [6, 6.07) is 7.88. The fraction of sp³-hybridized carbons (Fsp3) is 0.500. The molecule has 0 fully saturated rings. The van der Waals surface area contributed by atoms with E-state index in [9.17, 15) is 4.79 Å². The molecule has 0 aliphatic rings. The fourth-order valence-corrected chi connectivity index (χ4v) is 2.06. The SMILES string of the molecule is CC(C)=CCC[C@@H](C)CCC(=O)c1ccc(C)cc1. The van der Waals surface area contributed by atoms with Crippen molar-refractivity contribution >= 4 is 5.78 Å². The summed E-state index contributed by atoms with van der Waals surface area (Å²) in [5.74, 6) is 0.888. The van der Waals surface area contributed by atoms with Gasteiger partial charge >= 0.3 is 0 Å². The minimum absolute atomic E-state index is 0.272. The first-order chi connectivity index (χ1) is 8.99. The van der Waals surface area contributed by atoms with Gasteiger partial charge in [-0.2, -0.15) is 0 Å². The standard InChI is InChI=1S/C18H26O/c1-14(2)6-5-7-15(3)10-13-18(19)17-11-8-16(4)9-12-17/h6,8-9,11-12,15H,5,7,10,13H2,1-4H3/t15-/m1/s1. The van der Waals surface area contributed by atoms with Crippen LogP contribution in [0.2, 0.25) is 0 Å². The molecule has 0 saturated heterocycles. The molecule has 0 aliphatic carbocycles. The first-order valence-electron chi connectivity index (χ1n) is 7.22. The third-order valence-corrected chi connectivity index (χ3v) is 3.45. The maximum absolute atomic E-state index is 12.0. The number of hydrogen-bond acceptors (Lipinski definition) is 1. The van der Waals surface area contributed by atoms with E-state index in [1.807, 2.05) is 31.2 Å². The zero-order chi connectivity index (χ0) is 14.3. The lowest BCUT2D eigenvalue weighted by Crippen LogP contribution is -2.03. The van der Waals surface area contributed by atoms with Crippen LogP contribution < -0.4 is 0 Å². The molecule has 0 saturated carbocycles. The van der Waals surface area contributed by atoms with Crippen molar-refractivity contribution in [3.8, 4) is 0 Å². The number of Topliss-reactive ketones (excluding diaryl/α,β-unsaturated/α-hetero) is 1. The molecule has 1 atom stereocenters. The van der Waals surface area contributed by atoms with Crippen LogP contribution >= 0.6 is 0 Å². The molecule has 104 valence electrons. The fourth-order valence-electron chi connectivity index (χ4n) is 2.06. The van der Waals surface area contributed by atoms with Crippen LogP contribution in [-0.2, 0) is 0 Å². The van der Waals surface area contributed by atoms with Crippen molar-refractivity contribution in [1.82, 2.24) is 0 Å². The quantitative estimate of drug-likeness (QED) is 0.476. The number of ketones is 1. The summed E-state index contributed by atoms with van der Waals surface area (Å²) in [5.41, 5.74) is 3.43. The highest BCUT2D eigenvalue weighted by Gasteiger charge is 2.08. The lowest BCUT2D eigenvalue weighted by atomic mass is 9.96. The van der Waals surface area contributed by atoms with Gasteiger partial charge in [0, 0.05) is 12.0 Å². The van der Waals surface area contributed by atoms with Gasteiger partial charge < -0.3 is 0 Å². The van der Waals surface area contributed by atoms with E-state index in [1.54, 1.807) is 0 Å². The van der Waals surface area contributed by atoms with Gasteiger partial charge in [0.25, 0.3) is 0 Å². The Morgan fingerprint density at radius 3 is 2.37 bits per heavy atom. The number of allylic oxidation sites excluding steroid dienone is 2. The van der Waals surface area contributed by atoms with Gasteiger partial charge in [0.1, 0.15) is 0 Å². The molecule has 1 heteroatoms.